The van der Waals surface area contributed by atoms with E-state index < -0.39 is 0 Å². The van der Waals surface area contributed by atoms with Crippen molar-refractivity contribution in [2.75, 3.05) is 0 Å². The average Bonchev–Trinajstić information content (AvgIpc) is 2.78. The van der Waals surface area contributed by atoms with Gasteiger partial charge in [-0.3, -0.25) is 4.79 Å². The fourth-order valence-corrected chi connectivity index (χ4v) is 1.22. The molecule has 3 nitrogen and oxygen atoms in total. The molecule has 13 heavy (non-hydrogen) atoms. The van der Waals surface area contributed by atoms with Gasteiger partial charge in [0.25, 0.3) is 0 Å². The lowest BCUT2D eigenvalue weighted by molar-refractivity contribution is -0.121. The number of rotatable bonds is 4. The number of carbonyl (C=O) groups excluding carboxylic acids is 1. The standard InChI is InChI=1S/C10H13NO2/c12-10(11-8-3-4-8)6-5-9-2-1-7-13-9/h1-2,7-8H,3-6H2,(H,11,12). The largest absolute Gasteiger partial charge is 0.469 e. The Morgan fingerprint density at radius 2 is 2.46 bits per heavy atom. The van der Waals surface area contributed by atoms with Crippen LogP contribution in [0.2, 0.25) is 0 Å². The van der Waals surface area contributed by atoms with Gasteiger partial charge in [-0.25, -0.2) is 0 Å². The van der Waals surface area contributed by atoms with Crippen LogP contribution in [0.25, 0.3) is 0 Å². The van der Waals surface area contributed by atoms with E-state index in [9.17, 15) is 4.79 Å². The minimum Gasteiger partial charge on any atom is -0.469 e. The van der Waals surface area contributed by atoms with Crippen molar-refractivity contribution in [3.8, 4) is 0 Å². The quantitative estimate of drug-likeness (QED) is 0.760. The molecule has 1 aromatic rings. The van der Waals surface area contributed by atoms with E-state index in [-0.39, 0.29) is 5.91 Å². The van der Waals surface area contributed by atoms with Gasteiger partial charge in [0.05, 0.1) is 6.26 Å². The molecule has 1 amide bonds. The zero-order valence-electron chi connectivity index (χ0n) is 7.45. The molecule has 1 aliphatic rings. The highest BCUT2D eigenvalue weighted by Gasteiger charge is 2.22. The van der Waals surface area contributed by atoms with Crippen LogP contribution in [0.5, 0.6) is 0 Å². The molecule has 1 saturated carbocycles. The van der Waals surface area contributed by atoms with Crippen LogP contribution in [0.1, 0.15) is 25.0 Å². The molecule has 1 N–H and O–H groups in total. The smallest absolute Gasteiger partial charge is 0.220 e. The van der Waals surface area contributed by atoms with Crippen molar-refractivity contribution in [3.05, 3.63) is 24.2 Å². The molecule has 1 aliphatic carbocycles. The predicted octanol–water partition coefficient (Wildman–Crippen LogP) is 1.49. The van der Waals surface area contributed by atoms with E-state index in [1.807, 2.05) is 12.1 Å². The number of furan rings is 1. The number of hydrogen-bond acceptors (Lipinski definition) is 2. The molecule has 3 heteroatoms. The molecule has 1 aromatic heterocycles. The summed E-state index contributed by atoms with van der Waals surface area (Å²) in [7, 11) is 0. The highest BCUT2D eigenvalue weighted by atomic mass is 16.3. The Bertz CT molecular complexity index is 275. The van der Waals surface area contributed by atoms with Gasteiger partial charge in [0, 0.05) is 18.9 Å². The van der Waals surface area contributed by atoms with Gasteiger partial charge in [0.1, 0.15) is 5.76 Å². The number of hydrogen-bond donors (Lipinski definition) is 1. The van der Waals surface area contributed by atoms with Crippen LogP contribution in [0, 0.1) is 0 Å². The summed E-state index contributed by atoms with van der Waals surface area (Å²) in [5.74, 6) is 1.02. The van der Waals surface area contributed by atoms with Crippen molar-refractivity contribution in [3.63, 3.8) is 0 Å². The monoisotopic (exact) mass is 179 g/mol. The van der Waals surface area contributed by atoms with Gasteiger partial charge < -0.3 is 9.73 Å². The lowest BCUT2D eigenvalue weighted by atomic mass is 10.2. The Morgan fingerprint density at radius 1 is 1.62 bits per heavy atom. The summed E-state index contributed by atoms with van der Waals surface area (Å²) in [6.45, 7) is 0. The predicted molar refractivity (Wildman–Crippen MR) is 48.2 cm³/mol. The highest BCUT2D eigenvalue weighted by Crippen LogP contribution is 2.18. The van der Waals surface area contributed by atoms with Crippen LogP contribution in [-0.2, 0) is 11.2 Å². The van der Waals surface area contributed by atoms with Gasteiger partial charge in [-0.15, -0.1) is 0 Å². The van der Waals surface area contributed by atoms with Gasteiger partial charge >= 0.3 is 0 Å². The van der Waals surface area contributed by atoms with Crippen LogP contribution >= 0.6 is 0 Å². The van der Waals surface area contributed by atoms with E-state index in [0.29, 0.717) is 18.9 Å². The second-order valence-corrected chi connectivity index (χ2v) is 3.42. The summed E-state index contributed by atoms with van der Waals surface area (Å²) >= 11 is 0. The molecule has 0 aliphatic heterocycles. The van der Waals surface area contributed by atoms with Gasteiger partial charge in [0.15, 0.2) is 0 Å². The third-order valence-corrected chi connectivity index (χ3v) is 2.12. The molecule has 1 heterocycles. The van der Waals surface area contributed by atoms with E-state index in [0.717, 1.165) is 18.6 Å². The first-order valence-corrected chi connectivity index (χ1v) is 4.66. The summed E-state index contributed by atoms with van der Waals surface area (Å²) in [4.78, 5) is 11.2. The van der Waals surface area contributed by atoms with Gasteiger partial charge in [-0.1, -0.05) is 0 Å². The lowest BCUT2D eigenvalue weighted by Crippen LogP contribution is -2.25. The maximum Gasteiger partial charge on any atom is 0.220 e. The molecule has 70 valence electrons. The lowest BCUT2D eigenvalue weighted by Gasteiger charge is -2.00. The number of nitrogens with one attached hydrogen (secondary N) is 1. The number of aryl methyl sites for hydroxylation is 1. The van der Waals surface area contributed by atoms with Crippen LogP contribution in [-0.4, -0.2) is 11.9 Å². The summed E-state index contributed by atoms with van der Waals surface area (Å²) in [5, 5.41) is 2.94. The second-order valence-electron chi connectivity index (χ2n) is 3.42. The molecule has 2 rings (SSSR count). The van der Waals surface area contributed by atoms with Crippen molar-refractivity contribution in [2.24, 2.45) is 0 Å². The average molecular weight is 179 g/mol. The molecule has 0 spiro atoms. The number of amides is 1. The van der Waals surface area contributed by atoms with Gasteiger partial charge in [0.2, 0.25) is 5.91 Å². The summed E-state index contributed by atoms with van der Waals surface area (Å²) in [6.07, 6.45) is 5.16. The van der Waals surface area contributed by atoms with E-state index in [1.165, 1.54) is 0 Å². The summed E-state index contributed by atoms with van der Waals surface area (Å²) in [5.41, 5.74) is 0. The van der Waals surface area contributed by atoms with Crippen molar-refractivity contribution in [2.45, 2.75) is 31.7 Å². The topological polar surface area (TPSA) is 42.2 Å². The third-order valence-electron chi connectivity index (χ3n) is 2.12. The van der Waals surface area contributed by atoms with Crippen molar-refractivity contribution in [1.82, 2.24) is 5.32 Å². The minimum atomic E-state index is 0.138. The zero-order chi connectivity index (χ0) is 9.10. The van der Waals surface area contributed by atoms with Crippen molar-refractivity contribution < 1.29 is 9.21 Å². The van der Waals surface area contributed by atoms with Crippen LogP contribution in [0.4, 0.5) is 0 Å². The molecular formula is C10H13NO2. The Kier molecular flexibility index (Phi) is 2.34. The highest BCUT2D eigenvalue weighted by molar-refractivity contribution is 5.76. The first-order valence-electron chi connectivity index (χ1n) is 4.66. The normalized spacial score (nSPS) is 15.7. The van der Waals surface area contributed by atoms with E-state index in [1.54, 1.807) is 6.26 Å². The van der Waals surface area contributed by atoms with Crippen molar-refractivity contribution >= 4 is 5.91 Å². The first-order chi connectivity index (χ1) is 6.34. The zero-order valence-corrected chi connectivity index (χ0v) is 7.45. The third kappa shape index (κ3) is 2.61. The molecular weight excluding hydrogens is 166 g/mol. The second kappa shape index (κ2) is 3.64. The minimum absolute atomic E-state index is 0.138. The molecule has 0 atom stereocenters. The van der Waals surface area contributed by atoms with Gasteiger partial charge in [-0.2, -0.15) is 0 Å². The molecule has 0 aromatic carbocycles. The summed E-state index contributed by atoms with van der Waals surface area (Å²) < 4.78 is 5.12. The van der Waals surface area contributed by atoms with Crippen LogP contribution in [0.15, 0.2) is 22.8 Å². The molecule has 0 radical (unpaired) electrons. The Balaban J connectivity index is 1.69. The maximum absolute atomic E-state index is 11.2. The van der Waals surface area contributed by atoms with E-state index in [4.69, 9.17) is 4.42 Å². The molecule has 0 bridgehead atoms. The Morgan fingerprint density at radius 3 is 3.08 bits per heavy atom. The van der Waals surface area contributed by atoms with E-state index >= 15 is 0 Å². The molecule has 0 saturated heterocycles. The molecule has 0 unspecified atom stereocenters. The molecule has 1 fully saturated rings. The SMILES string of the molecule is O=C(CCc1ccco1)NC1CC1. The van der Waals surface area contributed by atoms with E-state index in [2.05, 4.69) is 5.32 Å². The Hall–Kier alpha value is -1.25. The first kappa shape index (κ1) is 8.35. The Labute approximate surface area is 77.1 Å². The summed E-state index contributed by atoms with van der Waals surface area (Å²) in [6, 6.07) is 4.20. The van der Waals surface area contributed by atoms with Gasteiger partial charge in [-0.05, 0) is 25.0 Å². The van der Waals surface area contributed by atoms with Crippen molar-refractivity contribution in [1.29, 1.82) is 0 Å². The fourth-order valence-electron chi connectivity index (χ4n) is 1.22. The number of carbonyl (C=O) groups is 1. The fraction of sp³-hybridized carbons (Fsp3) is 0.500. The maximum atomic E-state index is 11.2. The van der Waals surface area contributed by atoms with Crippen LogP contribution in [0.3, 0.4) is 0 Å². The van der Waals surface area contributed by atoms with Crippen LogP contribution < -0.4 is 5.32 Å².